The molecule has 1 aliphatic rings. The third kappa shape index (κ3) is 4.88. The number of nitriles is 1. The summed E-state index contributed by atoms with van der Waals surface area (Å²) in [4.78, 5) is 55.0. The number of hydrogen-bond donors (Lipinski definition) is 0. The van der Waals surface area contributed by atoms with Crippen molar-refractivity contribution in [1.82, 2.24) is 4.57 Å². The highest BCUT2D eigenvalue weighted by atomic mass is 17.0. The Morgan fingerprint density at radius 2 is 1.85 bits per heavy atom. The standard InChI is InChI=1S/C20H18N4O10/c1-11(25)31-18-17(14-8-12(9-21)4-6-15(14)32-20(18,2)3)22-10-13(5-7-16(22)26)19(33-23(27)28)34-24(29)30/h4-8,10,17-19H,1-3H3. The average Bonchev–Trinajstić information content (AvgIpc) is 2.73. The third-order valence-corrected chi connectivity index (χ3v) is 4.99. The number of carbonyl (C=O) groups excluding carboxylic acids is 1. The van der Waals surface area contributed by atoms with Crippen molar-refractivity contribution in [2.24, 2.45) is 0 Å². The molecule has 2 heterocycles. The van der Waals surface area contributed by atoms with Gasteiger partial charge in [0.05, 0.1) is 11.6 Å². The van der Waals surface area contributed by atoms with Crippen LogP contribution in [0.4, 0.5) is 0 Å². The van der Waals surface area contributed by atoms with Crippen LogP contribution in [0.3, 0.4) is 0 Å². The minimum atomic E-state index is -2.10. The summed E-state index contributed by atoms with van der Waals surface area (Å²) in [6, 6.07) is 7.43. The van der Waals surface area contributed by atoms with Gasteiger partial charge in [0.15, 0.2) is 6.10 Å². The van der Waals surface area contributed by atoms with E-state index in [0.29, 0.717) is 11.3 Å². The molecule has 0 saturated carbocycles. The molecule has 0 aliphatic carbocycles. The molecule has 2 unspecified atom stereocenters. The van der Waals surface area contributed by atoms with E-state index in [9.17, 15) is 35.1 Å². The average molecular weight is 474 g/mol. The summed E-state index contributed by atoms with van der Waals surface area (Å²) in [7, 11) is 0. The van der Waals surface area contributed by atoms with Crippen molar-refractivity contribution in [3.63, 3.8) is 0 Å². The van der Waals surface area contributed by atoms with Gasteiger partial charge in [0, 0.05) is 30.3 Å². The molecule has 14 nitrogen and oxygen atoms in total. The summed E-state index contributed by atoms with van der Waals surface area (Å²) < 4.78 is 12.5. The van der Waals surface area contributed by atoms with E-state index in [1.54, 1.807) is 13.8 Å². The van der Waals surface area contributed by atoms with Crippen LogP contribution >= 0.6 is 0 Å². The SMILES string of the molecule is CC(=O)OC1C(n2cc(C(O[N+](=O)[O-])O[N+](=O)[O-])ccc2=O)c2cc(C#N)ccc2OC1(C)C. The molecule has 0 bridgehead atoms. The van der Waals surface area contributed by atoms with Crippen molar-refractivity contribution in [3.8, 4) is 11.8 Å². The molecule has 1 aromatic carbocycles. The summed E-state index contributed by atoms with van der Waals surface area (Å²) in [5.74, 6) is -0.378. The maximum absolute atomic E-state index is 12.9. The van der Waals surface area contributed by atoms with Gasteiger partial charge in [-0.15, -0.1) is 20.2 Å². The first-order chi connectivity index (χ1) is 15.9. The molecule has 0 amide bonds. The van der Waals surface area contributed by atoms with Crippen LogP contribution in [0.1, 0.15) is 49.8 Å². The van der Waals surface area contributed by atoms with Crippen LogP contribution in [0.15, 0.2) is 41.3 Å². The second kappa shape index (κ2) is 9.06. The predicted octanol–water partition coefficient (Wildman–Crippen LogP) is 1.83. The number of nitrogens with zero attached hydrogens (tertiary/aromatic N) is 4. The van der Waals surface area contributed by atoms with Gasteiger partial charge >= 0.3 is 5.97 Å². The van der Waals surface area contributed by atoms with Crippen LogP contribution in [0, 0.1) is 31.6 Å². The van der Waals surface area contributed by atoms with Gasteiger partial charge in [0.1, 0.15) is 17.4 Å². The first kappa shape index (κ1) is 24.0. The number of esters is 1. The molecule has 0 fully saturated rings. The Morgan fingerprint density at radius 1 is 1.21 bits per heavy atom. The first-order valence-corrected chi connectivity index (χ1v) is 9.67. The predicted molar refractivity (Wildman–Crippen MR) is 109 cm³/mol. The van der Waals surface area contributed by atoms with Gasteiger partial charge in [0.2, 0.25) is 0 Å². The lowest BCUT2D eigenvalue weighted by Gasteiger charge is -2.44. The lowest BCUT2D eigenvalue weighted by molar-refractivity contribution is -0.855. The molecular formula is C20H18N4O10. The summed E-state index contributed by atoms with van der Waals surface area (Å²) in [5, 5.41) is 28.4. The summed E-state index contributed by atoms with van der Waals surface area (Å²) in [5.41, 5.74) is -1.51. The zero-order chi connectivity index (χ0) is 25.2. The number of aromatic nitrogens is 1. The van der Waals surface area contributed by atoms with Gasteiger partial charge in [-0.05, 0) is 38.1 Å². The van der Waals surface area contributed by atoms with E-state index in [4.69, 9.17) is 9.47 Å². The van der Waals surface area contributed by atoms with Crippen molar-refractivity contribution in [2.45, 2.75) is 44.8 Å². The first-order valence-electron chi connectivity index (χ1n) is 9.67. The number of rotatable bonds is 7. The largest absolute Gasteiger partial charge is 0.484 e. The van der Waals surface area contributed by atoms with E-state index in [1.807, 2.05) is 6.07 Å². The molecular weight excluding hydrogens is 456 g/mol. The van der Waals surface area contributed by atoms with Crippen molar-refractivity contribution in [1.29, 1.82) is 5.26 Å². The zero-order valence-electron chi connectivity index (χ0n) is 18.1. The Labute approximate surface area is 191 Å². The van der Waals surface area contributed by atoms with Crippen LogP contribution in [0.25, 0.3) is 0 Å². The second-order valence-electron chi connectivity index (χ2n) is 7.74. The Hall–Kier alpha value is -4.67. The smallest absolute Gasteiger partial charge is 0.303 e. The highest BCUT2D eigenvalue weighted by Gasteiger charge is 2.47. The normalized spacial score (nSPS) is 18.1. The minimum absolute atomic E-state index is 0.226. The molecule has 0 saturated heterocycles. The molecule has 1 aromatic heterocycles. The van der Waals surface area contributed by atoms with Crippen LogP contribution in [-0.4, -0.2) is 32.4 Å². The summed E-state index contributed by atoms with van der Waals surface area (Å²) in [6.07, 6.45) is -2.14. The van der Waals surface area contributed by atoms with E-state index in [0.717, 1.165) is 22.9 Å². The number of carbonyl (C=O) groups is 1. The van der Waals surface area contributed by atoms with Crippen LogP contribution in [-0.2, 0) is 19.2 Å². The van der Waals surface area contributed by atoms with Crippen molar-refractivity contribution in [2.75, 3.05) is 0 Å². The molecule has 34 heavy (non-hydrogen) atoms. The molecule has 2 atom stereocenters. The number of ether oxygens (including phenoxy) is 2. The zero-order valence-corrected chi connectivity index (χ0v) is 18.1. The van der Waals surface area contributed by atoms with Crippen molar-refractivity contribution >= 4 is 5.97 Å². The molecule has 14 heteroatoms. The topological polar surface area (TPSA) is 186 Å². The fourth-order valence-electron chi connectivity index (χ4n) is 3.68. The van der Waals surface area contributed by atoms with Crippen LogP contribution < -0.4 is 10.3 Å². The molecule has 0 radical (unpaired) electrons. The Balaban J connectivity index is 2.25. The number of pyridine rings is 1. The number of benzene rings is 1. The van der Waals surface area contributed by atoms with E-state index in [1.165, 1.54) is 25.1 Å². The van der Waals surface area contributed by atoms with Crippen molar-refractivity contribution < 1.29 is 34.1 Å². The van der Waals surface area contributed by atoms with Gasteiger partial charge in [-0.25, -0.2) is 0 Å². The van der Waals surface area contributed by atoms with E-state index in [2.05, 4.69) is 9.68 Å². The van der Waals surface area contributed by atoms with Gasteiger partial charge in [-0.2, -0.15) is 5.26 Å². The summed E-state index contributed by atoms with van der Waals surface area (Å²) >= 11 is 0. The van der Waals surface area contributed by atoms with E-state index < -0.39 is 45.7 Å². The molecule has 2 aromatic rings. The molecule has 3 rings (SSSR count). The molecule has 0 N–H and O–H groups in total. The van der Waals surface area contributed by atoms with E-state index in [-0.39, 0.29) is 11.1 Å². The summed E-state index contributed by atoms with van der Waals surface area (Å²) in [6.45, 7) is 4.41. The number of hydrogen-bond acceptors (Lipinski definition) is 11. The molecule has 1 aliphatic heterocycles. The van der Waals surface area contributed by atoms with Gasteiger partial charge in [-0.1, -0.05) is 0 Å². The number of fused-ring (bicyclic) bond motifs is 1. The molecule has 0 spiro atoms. The quantitative estimate of drug-likeness (QED) is 0.246. The van der Waals surface area contributed by atoms with Gasteiger partial charge in [-0.3, -0.25) is 19.3 Å². The fourth-order valence-corrected chi connectivity index (χ4v) is 3.68. The highest BCUT2D eigenvalue weighted by molar-refractivity contribution is 5.66. The lowest BCUT2D eigenvalue weighted by atomic mass is 9.85. The minimum Gasteiger partial charge on any atom is -0.484 e. The van der Waals surface area contributed by atoms with E-state index >= 15 is 0 Å². The van der Waals surface area contributed by atoms with Crippen LogP contribution in [0.5, 0.6) is 5.75 Å². The lowest BCUT2D eigenvalue weighted by Crippen LogP contribution is -2.54. The van der Waals surface area contributed by atoms with Crippen molar-refractivity contribution in [3.05, 3.63) is 83.8 Å². The third-order valence-electron chi connectivity index (χ3n) is 4.99. The molecule has 178 valence electrons. The van der Waals surface area contributed by atoms with Gasteiger partial charge < -0.3 is 14.0 Å². The van der Waals surface area contributed by atoms with Crippen LogP contribution in [0.2, 0.25) is 0 Å². The van der Waals surface area contributed by atoms with Gasteiger partial charge in [0.25, 0.3) is 22.0 Å². The monoisotopic (exact) mass is 474 g/mol. The fraction of sp³-hybridized carbons (Fsp3) is 0.350. The second-order valence-corrected chi connectivity index (χ2v) is 7.74. The Kier molecular flexibility index (Phi) is 6.39. The maximum atomic E-state index is 12.9. The Bertz CT molecular complexity index is 1230. The Morgan fingerprint density at radius 3 is 2.41 bits per heavy atom. The maximum Gasteiger partial charge on any atom is 0.303 e. The highest BCUT2D eigenvalue weighted by Crippen LogP contribution is 2.43.